The van der Waals surface area contributed by atoms with Crippen LogP contribution in [0.15, 0.2) is 55.1 Å². The van der Waals surface area contributed by atoms with Crippen molar-refractivity contribution in [3.8, 4) is 17.2 Å². The molecule has 2 rings (SSSR count). The smallest absolute Gasteiger partial charge is 0.251 e. The van der Waals surface area contributed by atoms with Gasteiger partial charge in [0.05, 0.1) is 20.3 Å². The normalized spacial score (nSPS) is 11.3. The molecule has 0 aromatic heterocycles. The number of benzene rings is 2. The second-order valence-electron chi connectivity index (χ2n) is 5.88. The SMILES string of the molecule is C=CCc1cc(C(=O)NC(C)COc2ccc(OC)cc2)ccc1OC. The summed E-state index contributed by atoms with van der Waals surface area (Å²) in [6.45, 7) is 6.00. The molecular formula is C21H25NO4. The molecule has 1 amide bonds. The van der Waals surface area contributed by atoms with Crippen LogP contribution in [0.25, 0.3) is 0 Å². The summed E-state index contributed by atoms with van der Waals surface area (Å²) in [5, 5.41) is 2.94. The number of carbonyl (C=O) groups is 1. The van der Waals surface area contributed by atoms with Gasteiger partial charge in [-0.3, -0.25) is 4.79 Å². The molecule has 0 aliphatic carbocycles. The van der Waals surface area contributed by atoms with Crippen molar-refractivity contribution in [2.75, 3.05) is 20.8 Å². The fourth-order valence-electron chi connectivity index (χ4n) is 2.48. The molecule has 1 N–H and O–H groups in total. The van der Waals surface area contributed by atoms with E-state index in [-0.39, 0.29) is 11.9 Å². The Kier molecular flexibility index (Phi) is 7.09. The molecule has 0 fully saturated rings. The van der Waals surface area contributed by atoms with Crippen molar-refractivity contribution >= 4 is 5.91 Å². The molecule has 2 aromatic carbocycles. The summed E-state index contributed by atoms with van der Waals surface area (Å²) in [4.78, 5) is 12.5. The topological polar surface area (TPSA) is 56.8 Å². The van der Waals surface area contributed by atoms with Gasteiger partial charge in [-0.25, -0.2) is 0 Å². The molecule has 0 spiro atoms. The molecule has 0 bridgehead atoms. The highest BCUT2D eigenvalue weighted by atomic mass is 16.5. The van der Waals surface area contributed by atoms with E-state index in [1.165, 1.54) is 0 Å². The van der Waals surface area contributed by atoms with Crippen molar-refractivity contribution in [3.63, 3.8) is 0 Å². The predicted octanol–water partition coefficient (Wildman–Crippen LogP) is 3.63. The first-order valence-corrected chi connectivity index (χ1v) is 8.43. The first-order chi connectivity index (χ1) is 12.6. The van der Waals surface area contributed by atoms with Crippen LogP contribution < -0.4 is 19.5 Å². The van der Waals surface area contributed by atoms with Crippen LogP contribution in [0.5, 0.6) is 17.2 Å². The summed E-state index contributed by atoms with van der Waals surface area (Å²) in [7, 11) is 3.23. The predicted molar refractivity (Wildman–Crippen MR) is 102 cm³/mol. The van der Waals surface area contributed by atoms with Crippen LogP contribution in [0.4, 0.5) is 0 Å². The van der Waals surface area contributed by atoms with Gasteiger partial charge in [0.2, 0.25) is 0 Å². The zero-order valence-corrected chi connectivity index (χ0v) is 15.5. The molecule has 0 heterocycles. The Hall–Kier alpha value is -2.95. The minimum Gasteiger partial charge on any atom is -0.497 e. The Morgan fingerprint density at radius 2 is 1.81 bits per heavy atom. The minimum absolute atomic E-state index is 0.144. The lowest BCUT2D eigenvalue weighted by atomic mass is 10.1. The third-order valence-electron chi connectivity index (χ3n) is 3.84. The van der Waals surface area contributed by atoms with Crippen LogP contribution in [0.1, 0.15) is 22.8 Å². The molecule has 1 unspecified atom stereocenters. The van der Waals surface area contributed by atoms with Crippen LogP contribution >= 0.6 is 0 Å². The van der Waals surface area contributed by atoms with Crippen molar-refractivity contribution in [3.05, 3.63) is 66.2 Å². The summed E-state index contributed by atoms with van der Waals surface area (Å²) in [5.74, 6) is 2.10. The Bertz CT molecular complexity index is 740. The van der Waals surface area contributed by atoms with Gasteiger partial charge in [-0.1, -0.05) is 6.08 Å². The molecule has 5 nitrogen and oxygen atoms in total. The molecule has 0 aliphatic rings. The maximum atomic E-state index is 12.5. The van der Waals surface area contributed by atoms with Crippen molar-refractivity contribution < 1.29 is 19.0 Å². The maximum absolute atomic E-state index is 12.5. The number of hydrogen-bond donors (Lipinski definition) is 1. The number of carbonyl (C=O) groups excluding carboxylic acids is 1. The van der Waals surface area contributed by atoms with Gasteiger partial charge in [-0.2, -0.15) is 0 Å². The second-order valence-corrected chi connectivity index (χ2v) is 5.88. The molecule has 1 atom stereocenters. The van der Waals surface area contributed by atoms with Gasteiger partial charge < -0.3 is 19.5 Å². The Morgan fingerprint density at radius 3 is 2.42 bits per heavy atom. The molecule has 5 heteroatoms. The lowest BCUT2D eigenvalue weighted by Crippen LogP contribution is -2.36. The molecule has 138 valence electrons. The van der Waals surface area contributed by atoms with E-state index in [0.717, 1.165) is 22.8 Å². The van der Waals surface area contributed by atoms with Crippen molar-refractivity contribution in [2.24, 2.45) is 0 Å². The Balaban J connectivity index is 1.93. The molecule has 0 saturated heterocycles. The summed E-state index contributed by atoms with van der Waals surface area (Å²) in [5.41, 5.74) is 1.51. The molecule has 2 aromatic rings. The van der Waals surface area contributed by atoms with E-state index in [4.69, 9.17) is 14.2 Å². The lowest BCUT2D eigenvalue weighted by molar-refractivity contribution is 0.0926. The Morgan fingerprint density at radius 1 is 1.12 bits per heavy atom. The number of amides is 1. The van der Waals surface area contributed by atoms with E-state index >= 15 is 0 Å². The second kappa shape index (κ2) is 9.51. The largest absolute Gasteiger partial charge is 0.497 e. The average Bonchev–Trinajstić information content (AvgIpc) is 2.67. The summed E-state index contributed by atoms with van der Waals surface area (Å²) in [6, 6.07) is 12.6. The monoisotopic (exact) mass is 355 g/mol. The van der Waals surface area contributed by atoms with Gasteiger partial charge in [0.1, 0.15) is 23.9 Å². The molecule has 26 heavy (non-hydrogen) atoms. The van der Waals surface area contributed by atoms with E-state index in [9.17, 15) is 4.79 Å². The number of ether oxygens (including phenoxy) is 3. The Labute approximate surface area is 154 Å². The fraction of sp³-hybridized carbons (Fsp3) is 0.286. The zero-order chi connectivity index (χ0) is 18.9. The fourth-order valence-corrected chi connectivity index (χ4v) is 2.48. The van der Waals surface area contributed by atoms with E-state index in [0.29, 0.717) is 18.6 Å². The molecule has 0 aliphatic heterocycles. The van der Waals surface area contributed by atoms with E-state index < -0.39 is 0 Å². The van der Waals surface area contributed by atoms with E-state index in [1.807, 2.05) is 37.3 Å². The van der Waals surface area contributed by atoms with Crippen LogP contribution in [0.2, 0.25) is 0 Å². The summed E-state index contributed by atoms with van der Waals surface area (Å²) < 4.78 is 16.1. The number of allylic oxidation sites excluding steroid dienone is 1. The maximum Gasteiger partial charge on any atom is 0.251 e. The van der Waals surface area contributed by atoms with Crippen molar-refractivity contribution in [1.82, 2.24) is 5.32 Å². The van der Waals surface area contributed by atoms with Crippen LogP contribution in [0.3, 0.4) is 0 Å². The van der Waals surface area contributed by atoms with E-state index in [2.05, 4.69) is 11.9 Å². The average molecular weight is 355 g/mol. The van der Waals surface area contributed by atoms with Gasteiger partial charge >= 0.3 is 0 Å². The zero-order valence-electron chi connectivity index (χ0n) is 15.5. The number of hydrogen-bond acceptors (Lipinski definition) is 4. The third-order valence-corrected chi connectivity index (χ3v) is 3.84. The first kappa shape index (κ1) is 19.4. The first-order valence-electron chi connectivity index (χ1n) is 8.43. The van der Waals surface area contributed by atoms with Gasteiger partial charge in [-0.15, -0.1) is 6.58 Å². The van der Waals surface area contributed by atoms with Crippen LogP contribution in [-0.4, -0.2) is 32.8 Å². The quantitative estimate of drug-likeness (QED) is 0.698. The highest BCUT2D eigenvalue weighted by Crippen LogP contribution is 2.21. The molecular weight excluding hydrogens is 330 g/mol. The minimum atomic E-state index is -0.149. The highest BCUT2D eigenvalue weighted by molar-refractivity contribution is 5.94. The summed E-state index contributed by atoms with van der Waals surface area (Å²) >= 11 is 0. The van der Waals surface area contributed by atoms with Crippen LogP contribution in [0, 0.1) is 0 Å². The third kappa shape index (κ3) is 5.28. The summed E-state index contributed by atoms with van der Waals surface area (Å²) in [6.07, 6.45) is 2.42. The van der Waals surface area contributed by atoms with Crippen molar-refractivity contribution in [1.29, 1.82) is 0 Å². The standard InChI is InChI=1S/C21H25NO4/c1-5-6-16-13-17(7-12-20(16)25-4)21(23)22-15(2)14-26-19-10-8-18(24-3)9-11-19/h5,7-13,15H,1,6,14H2,2-4H3,(H,22,23). The number of rotatable bonds is 9. The number of methoxy groups -OCH3 is 2. The van der Waals surface area contributed by atoms with Gasteiger partial charge in [0.15, 0.2) is 0 Å². The van der Waals surface area contributed by atoms with Crippen molar-refractivity contribution in [2.45, 2.75) is 19.4 Å². The van der Waals surface area contributed by atoms with Gasteiger partial charge in [0, 0.05) is 5.56 Å². The number of nitrogens with one attached hydrogen (secondary N) is 1. The lowest BCUT2D eigenvalue weighted by Gasteiger charge is -2.16. The van der Waals surface area contributed by atoms with Gasteiger partial charge in [-0.05, 0) is 61.4 Å². The highest BCUT2D eigenvalue weighted by Gasteiger charge is 2.13. The molecule has 0 radical (unpaired) electrons. The van der Waals surface area contributed by atoms with Gasteiger partial charge in [0.25, 0.3) is 5.91 Å². The molecule has 0 saturated carbocycles. The van der Waals surface area contributed by atoms with E-state index in [1.54, 1.807) is 32.4 Å². The van der Waals surface area contributed by atoms with Crippen LogP contribution in [-0.2, 0) is 6.42 Å².